The molecule has 2 heteroatoms. The fourth-order valence-corrected chi connectivity index (χ4v) is 4.12. The highest BCUT2D eigenvalue weighted by Gasteiger charge is 2.32. The van der Waals surface area contributed by atoms with Crippen LogP contribution in [-0.4, -0.2) is 36.1 Å². The number of hydrogen-bond acceptors (Lipinski definition) is 2. The Morgan fingerprint density at radius 2 is 1.75 bits per heavy atom. The fraction of sp³-hybridized carbons (Fsp3) is 1.00. The van der Waals surface area contributed by atoms with Gasteiger partial charge in [-0.2, -0.15) is 0 Å². The minimum absolute atomic E-state index is 0.706. The molecule has 0 aromatic carbocycles. The molecule has 118 valence electrons. The molecule has 0 aromatic rings. The molecule has 1 aliphatic carbocycles. The van der Waals surface area contributed by atoms with Gasteiger partial charge in [-0.1, -0.05) is 33.1 Å². The first-order valence-corrected chi connectivity index (χ1v) is 9.07. The molecule has 2 aliphatic rings. The molecule has 1 N–H and O–H groups in total. The van der Waals surface area contributed by atoms with Crippen LogP contribution in [-0.2, 0) is 0 Å². The smallest absolute Gasteiger partial charge is 0.0224 e. The van der Waals surface area contributed by atoms with Crippen LogP contribution in [0, 0.1) is 11.8 Å². The molecule has 20 heavy (non-hydrogen) atoms. The standard InChI is InChI=1S/C18H36N2/c1-14(2)10-11-15(3)20-13-18(19-12-16(20)4)17-8-6-5-7-9-17/h14-19H,5-13H2,1-4H3. The maximum absolute atomic E-state index is 3.85. The molecular formula is C18H36N2. The molecule has 0 bridgehead atoms. The summed E-state index contributed by atoms with van der Waals surface area (Å²) in [7, 11) is 0. The van der Waals surface area contributed by atoms with E-state index in [2.05, 4.69) is 37.9 Å². The van der Waals surface area contributed by atoms with Crippen molar-refractivity contribution in [2.45, 2.75) is 90.8 Å². The van der Waals surface area contributed by atoms with Crippen LogP contribution < -0.4 is 5.32 Å². The molecule has 2 fully saturated rings. The van der Waals surface area contributed by atoms with Crippen molar-refractivity contribution in [3.05, 3.63) is 0 Å². The van der Waals surface area contributed by atoms with Crippen molar-refractivity contribution >= 4 is 0 Å². The Morgan fingerprint density at radius 1 is 1.05 bits per heavy atom. The third kappa shape index (κ3) is 4.46. The zero-order valence-corrected chi connectivity index (χ0v) is 14.2. The third-order valence-corrected chi connectivity index (χ3v) is 5.60. The predicted molar refractivity (Wildman–Crippen MR) is 88.1 cm³/mol. The Kier molecular flexibility index (Phi) is 6.35. The maximum atomic E-state index is 3.85. The van der Waals surface area contributed by atoms with E-state index >= 15 is 0 Å². The Hall–Kier alpha value is -0.0800. The van der Waals surface area contributed by atoms with Gasteiger partial charge in [-0.25, -0.2) is 0 Å². The second kappa shape index (κ2) is 7.79. The summed E-state index contributed by atoms with van der Waals surface area (Å²) in [5.41, 5.74) is 0. The lowest BCUT2D eigenvalue weighted by Gasteiger charge is -2.45. The summed E-state index contributed by atoms with van der Waals surface area (Å²) >= 11 is 0. The summed E-state index contributed by atoms with van der Waals surface area (Å²) in [6, 6.07) is 2.21. The lowest BCUT2D eigenvalue weighted by atomic mass is 9.82. The van der Waals surface area contributed by atoms with Crippen LogP contribution in [0.3, 0.4) is 0 Å². The van der Waals surface area contributed by atoms with Gasteiger partial charge in [-0.15, -0.1) is 0 Å². The molecule has 2 rings (SSSR count). The van der Waals surface area contributed by atoms with Crippen molar-refractivity contribution in [2.24, 2.45) is 11.8 Å². The molecule has 1 saturated heterocycles. The van der Waals surface area contributed by atoms with Gasteiger partial charge in [-0.05, 0) is 51.4 Å². The largest absolute Gasteiger partial charge is 0.311 e. The van der Waals surface area contributed by atoms with E-state index in [0.717, 1.165) is 23.9 Å². The van der Waals surface area contributed by atoms with Crippen LogP contribution in [0.1, 0.15) is 72.6 Å². The zero-order valence-electron chi connectivity index (χ0n) is 14.2. The van der Waals surface area contributed by atoms with E-state index in [0.29, 0.717) is 6.04 Å². The lowest BCUT2D eigenvalue weighted by molar-refractivity contribution is 0.0667. The van der Waals surface area contributed by atoms with Crippen LogP contribution in [0.15, 0.2) is 0 Å². The molecule has 0 amide bonds. The summed E-state index contributed by atoms with van der Waals surface area (Å²) in [5, 5.41) is 3.85. The van der Waals surface area contributed by atoms with Crippen LogP contribution in [0.2, 0.25) is 0 Å². The van der Waals surface area contributed by atoms with Gasteiger partial charge in [0.05, 0.1) is 0 Å². The van der Waals surface area contributed by atoms with E-state index < -0.39 is 0 Å². The molecule has 1 saturated carbocycles. The van der Waals surface area contributed by atoms with Gasteiger partial charge < -0.3 is 5.32 Å². The average Bonchev–Trinajstić information content (AvgIpc) is 2.46. The van der Waals surface area contributed by atoms with Crippen LogP contribution in [0.5, 0.6) is 0 Å². The van der Waals surface area contributed by atoms with Gasteiger partial charge in [0.25, 0.3) is 0 Å². The highest BCUT2D eigenvalue weighted by molar-refractivity contribution is 4.91. The zero-order chi connectivity index (χ0) is 14.5. The van der Waals surface area contributed by atoms with Gasteiger partial charge in [0.2, 0.25) is 0 Å². The molecule has 0 radical (unpaired) electrons. The molecule has 0 aromatic heterocycles. The SMILES string of the molecule is CC(C)CCC(C)N1CC(C2CCCCC2)NCC1C. The van der Waals surface area contributed by atoms with Crippen molar-refractivity contribution in [1.29, 1.82) is 0 Å². The quantitative estimate of drug-likeness (QED) is 0.817. The number of piperazine rings is 1. The topological polar surface area (TPSA) is 15.3 Å². The Labute approximate surface area is 126 Å². The van der Waals surface area contributed by atoms with E-state index in [1.54, 1.807) is 0 Å². The van der Waals surface area contributed by atoms with Gasteiger partial charge in [0.15, 0.2) is 0 Å². The van der Waals surface area contributed by atoms with E-state index in [-0.39, 0.29) is 0 Å². The van der Waals surface area contributed by atoms with Crippen LogP contribution >= 0.6 is 0 Å². The summed E-state index contributed by atoms with van der Waals surface area (Å²) in [6.45, 7) is 12.0. The van der Waals surface area contributed by atoms with E-state index in [9.17, 15) is 0 Å². The molecule has 0 spiro atoms. The van der Waals surface area contributed by atoms with Crippen molar-refractivity contribution < 1.29 is 0 Å². The highest BCUT2D eigenvalue weighted by atomic mass is 15.2. The monoisotopic (exact) mass is 280 g/mol. The van der Waals surface area contributed by atoms with Crippen molar-refractivity contribution in [2.75, 3.05) is 13.1 Å². The van der Waals surface area contributed by atoms with Gasteiger partial charge in [0.1, 0.15) is 0 Å². The van der Waals surface area contributed by atoms with Gasteiger partial charge in [0, 0.05) is 31.2 Å². The van der Waals surface area contributed by atoms with Crippen molar-refractivity contribution in [3.63, 3.8) is 0 Å². The first-order valence-electron chi connectivity index (χ1n) is 9.07. The minimum atomic E-state index is 0.706. The van der Waals surface area contributed by atoms with Crippen LogP contribution in [0.25, 0.3) is 0 Å². The fourth-order valence-electron chi connectivity index (χ4n) is 4.12. The average molecular weight is 280 g/mol. The second-order valence-electron chi connectivity index (χ2n) is 7.78. The van der Waals surface area contributed by atoms with Gasteiger partial charge >= 0.3 is 0 Å². The minimum Gasteiger partial charge on any atom is -0.311 e. The number of rotatable bonds is 5. The molecule has 1 aliphatic heterocycles. The summed E-state index contributed by atoms with van der Waals surface area (Å²) in [5.74, 6) is 1.78. The number of nitrogens with zero attached hydrogens (tertiary/aromatic N) is 1. The van der Waals surface area contributed by atoms with Crippen LogP contribution in [0.4, 0.5) is 0 Å². The third-order valence-electron chi connectivity index (χ3n) is 5.60. The normalized spacial score (nSPS) is 31.6. The second-order valence-corrected chi connectivity index (χ2v) is 7.78. The maximum Gasteiger partial charge on any atom is 0.0224 e. The van der Waals surface area contributed by atoms with E-state index in [1.807, 2.05) is 0 Å². The molecular weight excluding hydrogens is 244 g/mol. The molecule has 1 heterocycles. The molecule has 3 atom stereocenters. The summed E-state index contributed by atoms with van der Waals surface area (Å²) in [4.78, 5) is 2.79. The molecule has 3 unspecified atom stereocenters. The Bertz CT molecular complexity index is 271. The Morgan fingerprint density at radius 3 is 2.40 bits per heavy atom. The molecule has 2 nitrogen and oxygen atoms in total. The van der Waals surface area contributed by atoms with Crippen molar-refractivity contribution in [3.8, 4) is 0 Å². The van der Waals surface area contributed by atoms with E-state index in [4.69, 9.17) is 0 Å². The lowest BCUT2D eigenvalue weighted by Crippen LogP contribution is -2.60. The highest BCUT2D eigenvalue weighted by Crippen LogP contribution is 2.29. The Balaban J connectivity index is 1.86. The predicted octanol–water partition coefficient (Wildman–Crippen LogP) is 4.05. The van der Waals surface area contributed by atoms with Gasteiger partial charge in [-0.3, -0.25) is 4.90 Å². The summed E-state index contributed by atoms with van der Waals surface area (Å²) < 4.78 is 0. The summed E-state index contributed by atoms with van der Waals surface area (Å²) in [6.07, 6.45) is 10.0. The first-order chi connectivity index (χ1) is 9.58. The van der Waals surface area contributed by atoms with E-state index in [1.165, 1.54) is 58.0 Å². The number of hydrogen-bond donors (Lipinski definition) is 1. The first kappa shape index (κ1) is 16.3. The number of nitrogens with one attached hydrogen (secondary N) is 1. The van der Waals surface area contributed by atoms with Crippen molar-refractivity contribution in [1.82, 2.24) is 10.2 Å².